The van der Waals surface area contributed by atoms with Gasteiger partial charge in [0.15, 0.2) is 0 Å². The monoisotopic (exact) mass is 361 g/mol. The Morgan fingerprint density at radius 1 is 1.39 bits per heavy atom. The molecule has 1 N–H and O–H groups in total. The summed E-state index contributed by atoms with van der Waals surface area (Å²) in [5, 5.41) is 8.53. The number of nitrogens with zero attached hydrogens (tertiary/aromatic N) is 1. The van der Waals surface area contributed by atoms with E-state index in [1.165, 1.54) is 0 Å². The maximum absolute atomic E-state index is 11.9. The molecular weight excluding hydrogens is 345 g/mol. The van der Waals surface area contributed by atoms with Crippen molar-refractivity contribution in [3.63, 3.8) is 0 Å². The van der Waals surface area contributed by atoms with E-state index in [-0.39, 0.29) is 12.3 Å². The van der Waals surface area contributed by atoms with E-state index in [0.717, 1.165) is 9.13 Å². The first-order valence-electron chi connectivity index (χ1n) is 5.69. The SMILES string of the molecule is CN(CCCC(=O)O)C(=O)Cc1cccc(I)c1. The average Bonchev–Trinajstić information content (AvgIpc) is 2.28. The minimum Gasteiger partial charge on any atom is -0.481 e. The number of carbonyl (C=O) groups excluding carboxylic acids is 1. The van der Waals surface area contributed by atoms with Crippen LogP contribution in [0.5, 0.6) is 0 Å². The number of benzene rings is 1. The summed E-state index contributed by atoms with van der Waals surface area (Å²) in [6, 6.07) is 7.80. The predicted molar refractivity (Wildman–Crippen MR) is 77.4 cm³/mol. The Morgan fingerprint density at radius 3 is 2.72 bits per heavy atom. The Balaban J connectivity index is 2.42. The molecule has 0 unspecified atom stereocenters. The minimum atomic E-state index is -0.825. The van der Waals surface area contributed by atoms with E-state index >= 15 is 0 Å². The van der Waals surface area contributed by atoms with Gasteiger partial charge >= 0.3 is 5.97 Å². The number of hydrogen-bond donors (Lipinski definition) is 1. The molecule has 0 radical (unpaired) electrons. The second-order valence-corrected chi connectivity index (χ2v) is 5.36. The Kier molecular flexibility index (Phi) is 6.11. The van der Waals surface area contributed by atoms with Crippen LogP contribution in [0, 0.1) is 3.57 Å². The fraction of sp³-hybridized carbons (Fsp3) is 0.385. The highest BCUT2D eigenvalue weighted by molar-refractivity contribution is 14.1. The van der Waals surface area contributed by atoms with Gasteiger partial charge in [0.25, 0.3) is 0 Å². The molecule has 18 heavy (non-hydrogen) atoms. The van der Waals surface area contributed by atoms with Crippen molar-refractivity contribution in [2.24, 2.45) is 0 Å². The van der Waals surface area contributed by atoms with Crippen LogP contribution in [0.1, 0.15) is 18.4 Å². The molecule has 1 amide bonds. The molecule has 0 aliphatic rings. The highest BCUT2D eigenvalue weighted by Crippen LogP contribution is 2.09. The lowest BCUT2D eigenvalue weighted by molar-refractivity contribution is -0.138. The third kappa shape index (κ3) is 5.48. The zero-order chi connectivity index (χ0) is 13.5. The van der Waals surface area contributed by atoms with Crippen LogP contribution in [0.15, 0.2) is 24.3 Å². The number of aliphatic carboxylic acids is 1. The lowest BCUT2D eigenvalue weighted by atomic mass is 10.1. The maximum atomic E-state index is 11.9. The molecule has 1 rings (SSSR count). The molecule has 0 saturated carbocycles. The number of carbonyl (C=O) groups is 2. The summed E-state index contributed by atoms with van der Waals surface area (Å²) in [4.78, 5) is 23.8. The Morgan fingerprint density at radius 2 is 2.11 bits per heavy atom. The van der Waals surface area contributed by atoms with E-state index in [4.69, 9.17) is 5.11 Å². The number of carboxylic acid groups (broad SMARTS) is 1. The summed E-state index contributed by atoms with van der Waals surface area (Å²) in [5.41, 5.74) is 0.983. The quantitative estimate of drug-likeness (QED) is 0.790. The number of rotatable bonds is 6. The topological polar surface area (TPSA) is 57.6 Å². The maximum Gasteiger partial charge on any atom is 0.303 e. The van der Waals surface area contributed by atoms with Crippen LogP contribution in [0.2, 0.25) is 0 Å². The van der Waals surface area contributed by atoms with Crippen molar-refractivity contribution in [3.8, 4) is 0 Å². The van der Waals surface area contributed by atoms with Crippen molar-refractivity contribution in [3.05, 3.63) is 33.4 Å². The first-order valence-corrected chi connectivity index (χ1v) is 6.77. The summed E-state index contributed by atoms with van der Waals surface area (Å²) in [7, 11) is 1.71. The summed E-state index contributed by atoms with van der Waals surface area (Å²) in [5.74, 6) is -0.809. The van der Waals surface area contributed by atoms with Crippen molar-refractivity contribution < 1.29 is 14.7 Å². The lowest BCUT2D eigenvalue weighted by Gasteiger charge is -2.16. The molecule has 0 aromatic heterocycles. The lowest BCUT2D eigenvalue weighted by Crippen LogP contribution is -2.29. The molecular formula is C13H16INO3. The molecule has 0 aliphatic heterocycles. The molecule has 4 nitrogen and oxygen atoms in total. The number of amides is 1. The Hall–Kier alpha value is -1.11. The van der Waals surface area contributed by atoms with Gasteiger partial charge < -0.3 is 10.0 Å². The number of hydrogen-bond acceptors (Lipinski definition) is 2. The highest BCUT2D eigenvalue weighted by Gasteiger charge is 2.10. The van der Waals surface area contributed by atoms with Gasteiger partial charge in [0.2, 0.25) is 5.91 Å². The van der Waals surface area contributed by atoms with Crippen molar-refractivity contribution in [2.45, 2.75) is 19.3 Å². The molecule has 5 heteroatoms. The van der Waals surface area contributed by atoms with Gasteiger partial charge in [0, 0.05) is 23.6 Å². The van der Waals surface area contributed by atoms with E-state index in [9.17, 15) is 9.59 Å². The highest BCUT2D eigenvalue weighted by atomic mass is 127. The van der Waals surface area contributed by atoms with Gasteiger partial charge in [-0.25, -0.2) is 0 Å². The molecule has 0 bridgehead atoms. The van der Waals surface area contributed by atoms with Crippen LogP contribution >= 0.6 is 22.6 Å². The van der Waals surface area contributed by atoms with E-state index in [0.29, 0.717) is 19.4 Å². The Labute approximate surface area is 120 Å². The van der Waals surface area contributed by atoms with Gasteiger partial charge in [0.05, 0.1) is 6.42 Å². The van der Waals surface area contributed by atoms with Crippen LogP contribution in [-0.4, -0.2) is 35.5 Å². The van der Waals surface area contributed by atoms with Crippen LogP contribution < -0.4 is 0 Å². The third-order valence-corrected chi connectivity index (χ3v) is 3.23. The molecule has 1 aromatic carbocycles. The molecule has 0 atom stereocenters. The zero-order valence-electron chi connectivity index (χ0n) is 10.2. The standard InChI is InChI=1S/C13H16INO3/c1-15(7-3-6-13(17)18)12(16)9-10-4-2-5-11(14)8-10/h2,4-5,8H,3,6-7,9H2,1H3,(H,17,18). The van der Waals surface area contributed by atoms with E-state index in [1.54, 1.807) is 11.9 Å². The number of likely N-dealkylation sites (N-methyl/N-ethyl adjacent to an activating group) is 1. The molecule has 0 spiro atoms. The second kappa shape index (κ2) is 7.35. The van der Waals surface area contributed by atoms with Crippen molar-refractivity contribution in [1.29, 1.82) is 0 Å². The molecule has 0 aliphatic carbocycles. The molecule has 0 heterocycles. The van der Waals surface area contributed by atoms with Crippen LogP contribution in [-0.2, 0) is 16.0 Å². The number of carboxylic acids is 1. The van der Waals surface area contributed by atoms with E-state index in [1.807, 2.05) is 24.3 Å². The molecule has 98 valence electrons. The first kappa shape index (κ1) is 14.9. The van der Waals surface area contributed by atoms with E-state index in [2.05, 4.69) is 22.6 Å². The summed E-state index contributed by atoms with van der Waals surface area (Å²) in [6.07, 6.45) is 0.950. The smallest absolute Gasteiger partial charge is 0.303 e. The van der Waals surface area contributed by atoms with Crippen molar-refractivity contribution in [1.82, 2.24) is 4.90 Å². The van der Waals surface area contributed by atoms with Crippen LogP contribution in [0.3, 0.4) is 0 Å². The van der Waals surface area contributed by atoms with Crippen molar-refractivity contribution >= 4 is 34.5 Å². The van der Waals surface area contributed by atoms with Crippen molar-refractivity contribution in [2.75, 3.05) is 13.6 Å². The van der Waals surface area contributed by atoms with Gasteiger partial charge in [-0.15, -0.1) is 0 Å². The van der Waals surface area contributed by atoms with Gasteiger partial charge in [0.1, 0.15) is 0 Å². The average molecular weight is 361 g/mol. The van der Waals surface area contributed by atoms with E-state index < -0.39 is 5.97 Å². The summed E-state index contributed by atoms with van der Waals surface area (Å²) < 4.78 is 1.10. The fourth-order valence-corrected chi connectivity index (χ4v) is 2.16. The normalized spacial score (nSPS) is 10.1. The molecule has 0 saturated heterocycles. The fourth-order valence-electron chi connectivity index (χ4n) is 1.55. The van der Waals surface area contributed by atoms with Crippen LogP contribution in [0.4, 0.5) is 0 Å². The predicted octanol–water partition coefficient (Wildman–Crippen LogP) is 2.16. The number of halogens is 1. The molecule has 0 fully saturated rings. The third-order valence-electron chi connectivity index (χ3n) is 2.55. The zero-order valence-corrected chi connectivity index (χ0v) is 12.4. The first-order chi connectivity index (χ1) is 8.49. The largest absolute Gasteiger partial charge is 0.481 e. The van der Waals surface area contributed by atoms with Gasteiger partial charge in [-0.2, -0.15) is 0 Å². The van der Waals surface area contributed by atoms with Gasteiger partial charge in [-0.05, 0) is 46.7 Å². The van der Waals surface area contributed by atoms with Gasteiger partial charge in [-0.1, -0.05) is 12.1 Å². The van der Waals surface area contributed by atoms with Crippen LogP contribution in [0.25, 0.3) is 0 Å². The Bertz CT molecular complexity index is 434. The second-order valence-electron chi connectivity index (χ2n) is 4.12. The van der Waals surface area contributed by atoms with Gasteiger partial charge in [-0.3, -0.25) is 9.59 Å². The summed E-state index contributed by atoms with van der Waals surface area (Å²) in [6.45, 7) is 0.481. The minimum absolute atomic E-state index is 0.0161. The molecule has 1 aromatic rings. The summed E-state index contributed by atoms with van der Waals surface area (Å²) >= 11 is 2.21.